The van der Waals surface area contributed by atoms with Crippen LogP contribution >= 0.6 is 34.8 Å². The van der Waals surface area contributed by atoms with Crippen LogP contribution < -0.4 is 4.90 Å². The first-order chi connectivity index (χ1) is 11.7. The minimum Gasteiger partial charge on any atom is -0.274 e. The Morgan fingerprint density at radius 1 is 1.20 bits per heavy atom. The van der Waals surface area contributed by atoms with Gasteiger partial charge in [0.25, 0.3) is 0 Å². The zero-order chi connectivity index (χ0) is 18.5. The van der Waals surface area contributed by atoms with Crippen LogP contribution in [0.4, 0.5) is 5.82 Å². The molecule has 2 aromatic rings. The first-order valence-corrected chi connectivity index (χ1v) is 8.32. The maximum absolute atomic E-state index is 12.7. The van der Waals surface area contributed by atoms with Crippen LogP contribution in [0.5, 0.6) is 0 Å². The van der Waals surface area contributed by atoms with Gasteiger partial charge in [-0.15, -0.1) is 0 Å². The standard InChI is InChI=1S/C16H11Cl3N4O2/c1-16(2)5-11(24)22(15(16)25)14-8(6-20)7-21-23(14)10-4-3-9(17)12(18)13(10)19/h3-4,7H,5H2,1-2H3. The van der Waals surface area contributed by atoms with Gasteiger partial charge in [0.2, 0.25) is 11.8 Å². The Morgan fingerprint density at radius 3 is 2.44 bits per heavy atom. The molecule has 9 heteroatoms. The van der Waals surface area contributed by atoms with Crippen molar-refractivity contribution in [2.75, 3.05) is 4.90 Å². The summed E-state index contributed by atoms with van der Waals surface area (Å²) in [5.74, 6) is -0.778. The molecule has 25 heavy (non-hydrogen) atoms. The molecule has 1 fully saturated rings. The fourth-order valence-electron chi connectivity index (χ4n) is 2.65. The van der Waals surface area contributed by atoms with Crippen LogP contribution in [0.15, 0.2) is 18.3 Å². The highest BCUT2D eigenvalue weighted by molar-refractivity contribution is 6.48. The van der Waals surface area contributed by atoms with Crippen LogP contribution in [0.25, 0.3) is 5.69 Å². The molecule has 1 aromatic heterocycles. The molecule has 0 N–H and O–H groups in total. The van der Waals surface area contributed by atoms with Gasteiger partial charge in [-0.2, -0.15) is 10.4 Å². The summed E-state index contributed by atoms with van der Waals surface area (Å²) in [5, 5.41) is 13.9. The van der Waals surface area contributed by atoms with Gasteiger partial charge in [0.15, 0.2) is 5.82 Å². The number of amides is 2. The second-order valence-corrected chi connectivity index (χ2v) is 7.36. The van der Waals surface area contributed by atoms with E-state index in [1.54, 1.807) is 19.9 Å². The number of aromatic nitrogens is 2. The molecule has 3 rings (SSSR count). The minimum atomic E-state index is -0.861. The Morgan fingerprint density at radius 2 is 1.88 bits per heavy atom. The van der Waals surface area contributed by atoms with Gasteiger partial charge in [-0.1, -0.05) is 48.7 Å². The third kappa shape index (κ3) is 2.69. The van der Waals surface area contributed by atoms with E-state index < -0.39 is 17.2 Å². The number of benzene rings is 1. The SMILES string of the molecule is CC1(C)CC(=O)N(c2c(C#N)cnn2-c2ccc(Cl)c(Cl)c2Cl)C1=O. The molecule has 0 aliphatic carbocycles. The second kappa shape index (κ2) is 6.03. The van der Waals surface area contributed by atoms with Crippen molar-refractivity contribution in [2.45, 2.75) is 20.3 Å². The van der Waals surface area contributed by atoms with Crippen molar-refractivity contribution in [1.29, 1.82) is 5.26 Å². The summed E-state index contributed by atoms with van der Waals surface area (Å²) in [6.45, 7) is 3.35. The number of anilines is 1. The molecule has 0 radical (unpaired) electrons. The third-order valence-corrected chi connectivity index (χ3v) is 5.23. The predicted molar refractivity (Wildman–Crippen MR) is 94.2 cm³/mol. The lowest BCUT2D eigenvalue weighted by Gasteiger charge is -2.20. The van der Waals surface area contributed by atoms with Crippen LogP contribution in [-0.2, 0) is 9.59 Å². The summed E-state index contributed by atoms with van der Waals surface area (Å²) in [7, 11) is 0. The Labute approximate surface area is 158 Å². The molecule has 0 bridgehead atoms. The van der Waals surface area contributed by atoms with Crippen molar-refractivity contribution in [3.8, 4) is 11.8 Å². The lowest BCUT2D eigenvalue weighted by atomic mass is 9.92. The quantitative estimate of drug-likeness (QED) is 0.567. The predicted octanol–water partition coefficient (Wildman–Crippen LogP) is 3.99. The van der Waals surface area contributed by atoms with E-state index in [2.05, 4.69) is 5.10 Å². The van der Waals surface area contributed by atoms with E-state index in [-0.39, 0.29) is 32.9 Å². The largest absolute Gasteiger partial charge is 0.274 e. The zero-order valence-corrected chi connectivity index (χ0v) is 15.4. The van der Waals surface area contributed by atoms with Gasteiger partial charge in [0.05, 0.1) is 32.4 Å². The van der Waals surface area contributed by atoms with E-state index in [1.165, 1.54) is 16.9 Å². The highest BCUT2D eigenvalue weighted by Gasteiger charge is 2.47. The number of nitrogens with zero attached hydrogens (tertiary/aromatic N) is 4. The molecule has 0 unspecified atom stereocenters. The van der Waals surface area contributed by atoms with E-state index in [0.717, 1.165) is 4.90 Å². The maximum Gasteiger partial charge on any atom is 0.241 e. The van der Waals surface area contributed by atoms with Gasteiger partial charge < -0.3 is 0 Å². The smallest absolute Gasteiger partial charge is 0.241 e. The van der Waals surface area contributed by atoms with Crippen LogP contribution in [0, 0.1) is 16.7 Å². The number of rotatable bonds is 2. The Balaban J connectivity index is 2.25. The van der Waals surface area contributed by atoms with Crippen LogP contribution in [-0.4, -0.2) is 21.6 Å². The van der Waals surface area contributed by atoms with Crippen molar-refractivity contribution in [1.82, 2.24) is 9.78 Å². The summed E-state index contributed by atoms with van der Waals surface area (Å²) >= 11 is 18.3. The number of imide groups is 1. The topological polar surface area (TPSA) is 79.0 Å². The Kier molecular flexibility index (Phi) is 4.28. The van der Waals surface area contributed by atoms with Gasteiger partial charge in [-0.3, -0.25) is 9.59 Å². The summed E-state index contributed by atoms with van der Waals surface area (Å²) in [6, 6.07) is 5.01. The third-order valence-electron chi connectivity index (χ3n) is 3.94. The molecule has 6 nitrogen and oxygen atoms in total. The molecule has 0 atom stereocenters. The Bertz CT molecular complexity index is 959. The van der Waals surface area contributed by atoms with E-state index in [0.29, 0.717) is 5.69 Å². The number of halogens is 3. The number of carbonyl (C=O) groups is 2. The molecule has 128 valence electrons. The summed E-state index contributed by atoms with van der Waals surface area (Å²) < 4.78 is 1.25. The van der Waals surface area contributed by atoms with Crippen molar-refractivity contribution in [2.24, 2.45) is 5.41 Å². The summed E-state index contributed by atoms with van der Waals surface area (Å²) in [4.78, 5) is 26.1. The first-order valence-electron chi connectivity index (χ1n) is 7.18. The normalized spacial score (nSPS) is 16.4. The van der Waals surface area contributed by atoms with Crippen LogP contribution in [0.1, 0.15) is 25.8 Å². The molecular weight excluding hydrogens is 387 g/mol. The molecular formula is C16H11Cl3N4O2. The highest BCUT2D eigenvalue weighted by Crippen LogP contribution is 2.40. The average Bonchev–Trinajstić information content (AvgIpc) is 3.03. The van der Waals surface area contributed by atoms with Gasteiger partial charge in [-0.25, -0.2) is 9.58 Å². The molecule has 1 aliphatic heterocycles. The first kappa shape index (κ1) is 17.7. The van der Waals surface area contributed by atoms with E-state index >= 15 is 0 Å². The average molecular weight is 398 g/mol. The Hall–Kier alpha value is -2.07. The fourth-order valence-corrected chi connectivity index (χ4v) is 3.27. The molecule has 0 spiro atoms. The lowest BCUT2D eigenvalue weighted by Crippen LogP contribution is -2.35. The minimum absolute atomic E-state index is 0.0387. The number of hydrogen-bond donors (Lipinski definition) is 0. The van der Waals surface area contributed by atoms with Crippen molar-refractivity contribution in [3.63, 3.8) is 0 Å². The monoisotopic (exact) mass is 396 g/mol. The highest BCUT2D eigenvalue weighted by atomic mass is 35.5. The number of nitriles is 1. The van der Waals surface area contributed by atoms with Crippen molar-refractivity contribution in [3.05, 3.63) is 39.0 Å². The molecule has 0 saturated carbocycles. The van der Waals surface area contributed by atoms with Crippen molar-refractivity contribution < 1.29 is 9.59 Å². The molecule has 2 amide bonds. The molecule has 1 aromatic carbocycles. The summed E-state index contributed by atoms with van der Waals surface area (Å²) in [6.07, 6.45) is 1.30. The maximum atomic E-state index is 12.7. The van der Waals surface area contributed by atoms with Crippen molar-refractivity contribution >= 4 is 52.4 Å². The lowest BCUT2D eigenvalue weighted by molar-refractivity contribution is -0.124. The van der Waals surface area contributed by atoms with Gasteiger partial charge in [0.1, 0.15) is 11.6 Å². The van der Waals surface area contributed by atoms with E-state index in [4.69, 9.17) is 34.8 Å². The van der Waals surface area contributed by atoms with Gasteiger partial charge >= 0.3 is 0 Å². The molecule has 1 aliphatic rings. The zero-order valence-electron chi connectivity index (χ0n) is 13.2. The van der Waals surface area contributed by atoms with E-state index in [9.17, 15) is 14.9 Å². The second-order valence-electron chi connectivity index (χ2n) is 6.19. The van der Waals surface area contributed by atoms with E-state index in [1.807, 2.05) is 6.07 Å². The van der Waals surface area contributed by atoms with Crippen LogP contribution in [0.2, 0.25) is 15.1 Å². The van der Waals surface area contributed by atoms with Gasteiger partial charge in [-0.05, 0) is 12.1 Å². The molecule has 1 saturated heterocycles. The number of carbonyl (C=O) groups excluding carboxylic acids is 2. The fraction of sp³-hybridized carbons (Fsp3) is 0.250. The van der Waals surface area contributed by atoms with Gasteiger partial charge in [0, 0.05) is 6.42 Å². The molecule has 2 heterocycles. The number of hydrogen-bond acceptors (Lipinski definition) is 4. The summed E-state index contributed by atoms with van der Waals surface area (Å²) in [5.41, 5.74) is -0.486. The van der Waals surface area contributed by atoms with Crippen LogP contribution in [0.3, 0.4) is 0 Å².